The van der Waals surface area contributed by atoms with Gasteiger partial charge in [-0.3, -0.25) is 4.68 Å². The van der Waals surface area contributed by atoms with E-state index in [1.807, 2.05) is 13.1 Å². The van der Waals surface area contributed by atoms with Crippen molar-refractivity contribution in [2.75, 3.05) is 11.9 Å². The highest BCUT2D eigenvalue weighted by Crippen LogP contribution is 2.10. The number of nitrogens with zero attached hydrogens (tertiary/aromatic N) is 2. The van der Waals surface area contributed by atoms with Crippen LogP contribution in [0.1, 0.15) is 23.0 Å². The van der Waals surface area contributed by atoms with Gasteiger partial charge in [-0.2, -0.15) is 5.10 Å². The largest absolute Gasteiger partial charge is 0.462 e. The molecule has 1 aromatic carbocycles. The number of anilines is 1. The monoisotopic (exact) mass is 318 g/mol. The van der Waals surface area contributed by atoms with Gasteiger partial charge in [-0.25, -0.2) is 4.79 Å². The molecule has 22 heavy (non-hydrogen) atoms. The number of rotatable bonds is 5. The Morgan fingerprint density at radius 3 is 2.64 bits per heavy atom. The fraction of sp³-hybridized carbons (Fsp3) is 0.267. The molecule has 0 spiro atoms. The molecule has 0 aliphatic carbocycles. The molecule has 6 nitrogen and oxygen atoms in total. The third-order valence-corrected chi connectivity index (χ3v) is 3.25. The molecular formula is C15H18N4O2S. The molecule has 0 bridgehead atoms. The van der Waals surface area contributed by atoms with Gasteiger partial charge in [0, 0.05) is 18.9 Å². The lowest BCUT2D eigenvalue weighted by atomic mass is 10.2. The SMILES string of the molecule is CCOC(=O)c1ccc(NC(=S)NCc2ccnn2C)cc1. The standard InChI is InChI=1S/C15H18N4O2S/c1-3-21-14(20)11-4-6-12(7-5-11)18-15(22)16-10-13-8-9-17-19(13)2/h4-9H,3,10H2,1-2H3,(H2,16,18,22). The summed E-state index contributed by atoms with van der Waals surface area (Å²) < 4.78 is 6.72. The molecular weight excluding hydrogens is 300 g/mol. The van der Waals surface area contributed by atoms with Crippen LogP contribution in [0.25, 0.3) is 0 Å². The van der Waals surface area contributed by atoms with Gasteiger partial charge in [-0.1, -0.05) is 0 Å². The molecule has 1 heterocycles. The Kier molecular flexibility index (Phi) is 5.48. The quantitative estimate of drug-likeness (QED) is 0.650. The van der Waals surface area contributed by atoms with Crippen LogP contribution < -0.4 is 10.6 Å². The number of hydrogen-bond donors (Lipinski definition) is 2. The highest BCUT2D eigenvalue weighted by atomic mass is 32.1. The van der Waals surface area contributed by atoms with Crippen LogP contribution in [0.2, 0.25) is 0 Å². The van der Waals surface area contributed by atoms with Gasteiger partial charge in [0.05, 0.1) is 24.4 Å². The van der Waals surface area contributed by atoms with E-state index in [0.29, 0.717) is 23.8 Å². The maximum atomic E-state index is 11.6. The second-order valence-corrected chi connectivity index (χ2v) is 4.96. The number of carbonyl (C=O) groups excluding carboxylic acids is 1. The van der Waals surface area contributed by atoms with Gasteiger partial charge >= 0.3 is 5.97 Å². The van der Waals surface area contributed by atoms with Gasteiger partial charge in [0.2, 0.25) is 0 Å². The van der Waals surface area contributed by atoms with Crippen LogP contribution in [0.3, 0.4) is 0 Å². The molecule has 2 rings (SSSR count). The van der Waals surface area contributed by atoms with Crippen molar-refractivity contribution in [3.05, 3.63) is 47.8 Å². The topological polar surface area (TPSA) is 68.2 Å². The summed E-state index contributed by atoms with van der Waals surface area (Å²) in [5.41, 5.74) is 2.35. The second kappa shape index (κ2) is 7.56. The number of benzene rings is 1. The van der Waals surface area contributed by atoms with Gasteiger partial charge in [0.25, 0.3) is 0 Å². The van der Waals surface area contributed by atoms with Crippen LogP contribution in [0.5, 0.6) is 0 Å². The van der Waals surface area contributed by atoms with Crippen LogP contribution >= 0.6 is 12.2 Å². The van der Waals surface area contributed by atoms with Crippen molar-refractivity contribution in [2.24, 2.45) is 7.05 Å². The van der Waals surface area contributed by atoms with E-state index < -0.39 is 0 Å². The molecule has 116 valence electrons. The van der Waals surface area contributed by atoms with Crippen LogP contribution in [0, 0.1) is 0 Å². The van der Waals surface area contributed by atoms with Crippen molar-refractivity contribution in [3.8, 4) is 0 Å². The van der Waals surface area contributed by atoms with E-state index in [1.165, 1.54) is 0 Å². The minimum absolute atomic E-state index is 0.328. The summed E-state index contributed by atoms with van der Waals surface area (Å²) in [5.74, 6) is -0.328. The van der Waals surface area contributed by atoms with E-state index >= 15 is 0 Å². The Morgan fingerprint density at radius 1 is 1.32 bits per heavy atom. The molecule has 1 aromatic heterocycles. The first-order valence-corrected chi connectivity index (χ1v) is 7.30. The highest BCUT2D eigenvalue weighted by Gasteiger charge is 2.06. The van der Waals surface area contributed by atoms with Crippen molar-refractivity contribution in [2.45, 2.75) is 13.5 Å². The van der Waals surface area contributed by atoms with E-state index in [1.54, 1.807) is 42.1 Å². The van der Waals surface area contributed by atoms with E-state index in [2.05, 4.69) is 15.7 Å². The van der Waals surface area contributed by atoms with Gasteiger partial charge < -0.3 is 15.4 Å². The average molecular weight is 318 g/mol. The zero-order chi connectivity index (χ0) is 15.9. The Morgan fingerprint density at radius 2 is 2.05 bits per heavy atom. The zero-order valence-electron chi connectivity index (χ0n) is 12.5. The van der Waals surface area contributed by atoms with Crippen LogP contribution in [0.15, 0.2) is 36.5 Å². The van der Waals surface area contributed by atoms with Crippen molar-refractivity contribution in [3.63, 3.8) is 0 Å². The molecule has 0 atom stereocenters. The van der Waals surface area contributed by atoms with Gasteiger partial charge in [-0.15, -0.1) is 0 Å². The van der Waals surface area contributed by atoms with Gasteiger partial charge in [-0.05, 0) is 49.5 Å². The number of ether oxygens (including phenoxy) is 1. The number of aromatic nitrogens is 2. The minimum Gasteiger partial charge on any atom is -0.462 e. The maximum Gasteiger partial charge on any atom is 0.338 e. The number of esters is 1. The molecule has 2 aromatic rings. The lowest BCUT2D eigenvalue weighted by Gasteiger charge is -2.11. The number of nitrogens with one attached hydrogen (secondary N) is 2. The Labute approximate surface area is 134 Å². The number of carbonyl (C=O) groups is 1. The summed E-state index contributed by atoms with van der Waals surface area (Å²) in [4.78, 5) is 11.6. The maximum absolute atomic E-state index is 11.6. The lowest BCUT2D eigenvalue weighted by Crippen LogP contribution is -2.28. The first-order valence-electron chi connectivity index (χ1n) is 6.89. The molecule has 0 unspecified atom stereocenters. The molecule has 2 N–H and O–H groups in total. The number of hydrogen-bond acceptors (Lipinski definition) is 4. The van der Waals surface area contributed by atoms with E-state index in [9.17, 15) is 4.79 Å². The fourth-order valence-corrected chi connectivity index (χ4v) is 2.01. The molecule has 0 aliphatic rings. The van der Waals surface area contributed by atoms with E-state index in [-0.39, 0.29) is 5.97 Å². The summed E-state index contributed by atoms with van der Waals surface area (Å²) in [6.45, 7) is 2.73. The molecule has 0 radical (unpaired) electrons. The number of thiocarbonyl (C=S) groups is 1. The predicted octanol–water partition coefficient (Wildman–Crippen LogP) is 2.08. The van der Waals surface area contributed by atoms with Gasteiger partial charge in [0.1, 0.15) is 0 Å². The fourth-order valence-electron chi connectivity index (χ4n) is 1.82. The lowest BCUT2D eigenvalue weighted by molar-refractivity contribution is 0.0526. The molecule has 0 amide bonds. The third-order valence-electron chi connectivity index (χ3n) is 3.01. The third kappa shape index (κ3) is 4.29. The first kappa shape index (κ1) is 16.0. The van der Waals surface area contributed by atoms with E-state index in [0.717, 1.165) is 11.4 Å². The predicted molar refractivity (Wildman–Crippen MR) is 88.7 cm³/mol. The van der Waals surface area contributed by atoms with Crippen molar-refractivity contribution >= 4 is 29.0 Å². The van der Waals surface area contributed by atoms with E-state index in [4.69, 9.17) is 17.0 Å². The zero-order valence-corrected chi connectivity index (χ0v) is 13.3. The molecule has 0 aliphatic heterocycles. The van der Waals surface area contributed by atoms with Crippen molar-refractivity contribution in [1.82, 2.24) is 15.1 Å². The molecule has 7 heteroatoms. The summed E-state index contributed by atoms with van der Waals surface area (Å²) in [7, 11) is 1.88. The van der Waals surface area contributed by atoms with Gasteiger partial charge in [0.15, 0.2) is 5.11 Å². The molecule has 0 fully saturated rings. The Bertz CT molecular complexity index is 652. The average Bonchev–Trinajstić information content (AvgIpc) is 2.91. The summed E-state index contributed by atoms with van der Waals surface area (Å²) in [5, 5.41) is 10.8. The summed E-state index contributed by atoms with van der Waals surface area (Å²) in [6.07, 6.45) is 1.74. The smallest absolute Gasteiger partial charge is 0.338 e. The summed E-state index contributed by atoms with van der Waals surface area (Å²) in [6, 6.07) is 8.88. The van der Waals surface area contributed by atoms with Crippen molar-refractivity contribution in [1.29, 1.82) is 0 Å². The summed E-state index contributed by atoms with van der Waals surface area (Å²) >= 11 is 5.23. The normalized spacial score (nSPS) is 10.1. The minimum atomic E-state index is -0.328. The van der Waals surface area contributed by atoms with Crippen LogP contribution in [-0.2, 0) is 18.3 Å². The highest BCUT2D eigenvalue weighted by molar-refractivity contribution is 7.80. The van der Waals surface area contributed by atoms with Crippen molar-refractivity contribution < 1.29 is 9.53 Å². The Balaban J connectivity index is 1.86. The Hall–Kier alpha value is -2.41. The first-order chi connectivity index (χ1) is 10.6. The molecule has 0 saturated carbocycles. The van der Waals surface area contributed by atoms with Crippen LogP contribution in [-0.4, -0.2) is 27.5 Å². The second-order valence-electron chi connectivity index (χ2n) is 4.55. The number of aryl methyl sites for hydroxylation is 1. The van der Waals surface area contributed by atoms with Crippen LogP contribution in [0.4, 0.5) is 5.69 Å². The molecule has 0 saturated heterocycles.